The minimum Gasteiger partial charge on any atom is -0.476 e. The molecule has 96 valence electrons. The maximum absolute atomic E-state index is 5.92. The Bertz CT molecular complexity index is 487. The summed E-state index contributed by atoms with van der Waals surface area (Å²) in [7, 11) is 0. The number of ether oxygens (including phenoxy) is 1. The van der Waals surface area contributed by atoms with Crippen LogP contribution in [0.1, 0.15) is 11.8 Å². The number of aromatic nitrogens is 2. The van der Waals surface area contributed by atoms with Crippen LogP contribution in [0, 0.1) is 0 Å². The number of hydrogen-bond acceptors (Lipinski definition) is 6. The van der Waals surface area contributed by atoms with E-state index in [0.717, 1.165) is 13.0 Å². The lowest BCUT2D eigenvalue weighted by molar-refractivity contribution is 0.328. The summed E-state index contributed by atoms with van der Waals surface area (Å²) in [4.78, 5) is 9.44. The van der Waals surface area contributed by atoms with Crippen molar-refractivity contribution in [2.45, 2.75) is 13.3 Å². The largest absolute Gasteiger partial charge is 0.476 e. The van der Waals surface area contributed by atoms with Gasteiger partial charge < -0.3 is 15.8 Å². The fraction of sp³-hybridized carbons (Fsp3) is 0.333. The molecule has 0 aliphatic carbocycles. The Morgan fingerprint density at radius 2 is 2.33 bits per heavy atom. The molecule has 0 amide bonds. The van der Waals surface area contributed by atoms with Crippen LogP contribution in [0.2, 0.25) is 0 Å². The summed E-state index contributed by atoms with van der Waals surface area (Å²) in [5.74, 6) is 1.07. The molecule has 18 heavy (non-hydrogen) atoms. The van der Waals surface area contributed by atoms with Gasteiger partial charge in [-0.1, -0.05) is 6.07 Å². The van der Waals surface area contributed by atoms with Gasteiger partial charge in [-0.3, -0.25) is 0 Å². The van der Waals surface area contributed by atoms with E-state index in [9.17, 15) is 0 Å². The predicted octanol–water partition coefficient (Wildman–Crippen LogP) is 2.17. The average molecular weight is 264 g/mol. The van der Waals surface area contributed by atoms with Gasteiger partial charge in [0.05, 0.1) is 6.61 Å². The molecule has 0 fully saturated rings. The molecule has 2 aromatic rings. The quantitative estimate of drug-likeness (QED) is 0.836. The normalized spacial score (nSPS) is 10.3. The van der Waals surface area contributed by atoms with Crippen molar-refractivity contribution in [1.29, 1.82) is 0 Å². The molecular weight excluding hydrogens is 248 g/mol. The number of rotatable bonds is 6. The molecule has 5 nitrogen and oxygen atoms in total. The Kier molecular flexibility index (Phi) is 4.35. The third kappa shape index (κ3) is 3.10. The topological polar surface area (TPSA) is 73.1 Å². The second-order valence-corrected chi connectivity index (χ2v) is 4.66. The van der Waals surface area contributed by atoms with Crippen molar-refractivity contribution in [3.8, 4) is 5.88 Å². The smallest absolute Gasteiger partial charge is 0.242 e. The lowest BCUT2D eigenvalue weighted by Crippen LogP contribution is -2.10. The summed E-state index contributed by atoms with van der Waals surface area (Å²) in [6, 6.07) is 4.16. The number of thiophene rings is 1. The van der Waals surface area contributed by atoms with Crippen LogP contribution in [-0.4, -0.2) is 23.1 Å². The summed E-state index contributed by atoms with van der Waals surface area (Å²) >= 11 is 1.74. The molecular formula is C12H16N4OS. The van der Waals surface area contributed by atoms with Gasteiger partial charge >= 0.3 is 0 Å². The summed E-state index contributed by atoms with van der Waals surface area (Å²) in [5, 5.41) is 5.27. The van der Waals surface area contributed by atoms with Crippen LogP contribution >= 0.6 is 11.3 Å². The molecule has 0 unspecified atom stereocenters. The first kappa shape index (κ1) is 12.6. The fourth-order valence-corrected chi connectivity index (χ4v) is 2.24. The molecule has 0 aliphatic heterocycles. The van der Waals surface area contributed by atoms with Crippen LogP contribution in [0.25, 0.3) is 0 Å². The monoisotopic (exact) mass is 264 g/mol. The Labute approximate surface area is 110 Å². The number of nitrogens with two attached hydrogens (primary N) is 1. The molecule has 3 N–H and O–H groups in total. The van der Waals surface area contributed by atoms with E-state index in [0.29, 0.717) is 24.0 Å². The zero-order valence-electron chi connectivity index (χ0n) is 10.2. The maximum Gasteiger partial charge on any atom is 0.242 e. The summed E-state index contributed by atoms with van der Waals surface area (Å²) in [6.07, 6.45) is 2.40. The minimum atomic E-state index is 0.436. The highest BCUT2D eigenvalue weighted by Gasteiger charge is 2.08. The molecule has 0 bridgehead atoms. The van der Waals surface area contributed by atoms with Crippen LogP contribution in [0.3, 0.4) is 0 Å². The highest BCUT2D eigenvalue weighted by atomic mass is 32.1. The Morgan fingerprint density at radius 1 is 1.44 bits per heavy atom. The van der Waals surface area contributed by atoms with E-state index in [1.807, 2.05) is 13.0 Å². The molecule has 0 aliphatic rings. The Balaban J connectivity index is 1.94. The van der Waals surface area contributed by atoms with E-state index in [1.165, 1.54) is 11.2 Å². The van der Waals surface area contributed by atoms with Gasteiger partial charge in [0, 0.05) is 11.4 Å². The molecule has 0 saturated carbocycles. The number of nitrogens with zero attached hydrogens (tertiary/aromatic N) is 2. The van der Waals surface area contributed by atoms with Crippen LogP contribution in [-0.2, 0) is 6.42 Å². The van der Waals surface area contributed by atoms with Crippen LogP contribution in [0.4, 0.5) is 11.5 Å². The van der Waals surface area contributed by atoms with Crippen LogP contribution in [0.5, 0.6) is 5.88 Å². The predicted molar refractivity (Wildman–Crippen MR) is 74.1 cm³/mol. The van der Waals surface area contributed by atoms with Gasteiger partial charge in [-0.2, -0.15) is 4.98 Å². The SMILES string of the molecule is CCOc1ncnc(NCCc2cccs2)c1N. The summed E-state index contributed by atoms with van der Waals surface area (Å²) in [6.45, 7) is 3.22. The van der Waals surface area contributed by atoms with Crippen molar-refractivity contribution in [3.05, 3.63) is 28.7 Å². The second kappa shape index (κ2) is 6.20. The third-order valence-corrected chi connectivity index (χ3v) is 3.31. The highest BCUT2D eigenvalue weighted by Crippen LogP contribution is 2.24. The van der Waals surface area contributed by atoms with Gasteiger partial charge in [0.2, 0.25) is 5.88 Å². The first-order valence-electron chi connectivity index (χ1n) is 5.80. The fourth-order valence-electron chi connectivity index (χ4n) is 1.53. The molecule has 0 radical (unpaired) electrons. The van der Waals surface area contributed by atoms with Gasteiger partial charge in [0.25, 0.3) is 0 Å². The minimum absolute atomic E-state index is 0.436. The molecule has 0 saturated heterocycles. The van der Waals surface area contributed by atoms with Crippen molar-refractivity contribution in [3.63, 3.8) is 0 Å². The number of anilines is 2. The van der Waals surface area contributed by atoms with Gasteiger partial charge in [-0.15, -0.1) is 11.3 Å². The van der Waals surface area contributed by atoms with Crippen molar-refractivity contribution in [1.82, 2.24) is 9.97 Å². The standard InChI is InChI=1S/C12H16N4OS/c1-2-17-12-10(13)11(15-8-16-12)14-6-5-9-4-3-7-18-9/h3-4,7-8H,2,5-6,13H2,1H3,(H,14,15,16). The van der Waals surface area contributed by atoms with Gasteiger partial charge in [0.1, 0.15) is 12.0 Å². The Morgan fingerprint density at radius 3 is 3.06 bits per heavy atom. The van der Waals surface area contributed by atoms with E-state index < -0.39 is 0 Å². The van der Waals surface area contributed by atoms with E-state index in [1.54, 1.807) is 11.3 Å². The lowest BCUT2D eigenvalue weighted by Gasteiger charge is -2.10. The zero-order chi connectivity index (χ0) is 12.8. The number of hydrogen-bond donors (Lipinski definition) is 2. The first-order valence-corrected chi connectivity index (χ1v) is 6.68. The van der Waals surface area contributed by atoms with Crippen molar-refractivity contribution in [2.75, 3.05) is 24.2 Å². The van der Waals surface area contributed by atoms with Gasteiger partial charge in [0.15, 0.2) is 5.82 Å². The summed E-state index contributed by atoms with van der Waals surface area (Å²) in [5.41, 5.74) is 6.38. The van der Waals surface area contributed by atoms with Crippen molar-refractivity contribution in [2.24, 2.45) is 0 Å². The van der Waals surface area contributed by atoms with Crippen molar-refractivity contribution < 1.29 is 4.74 Å². The Hall–Kier alpha value is -1.82. The molecule has 0 aromatic carbocycles. The van der Waals surface area contributed by atoms with Crippen LogP contribution < -0.4 is 15.8 Å². The molecule has 2 aromatic heterocycles. The number of nitrogens with one attached hydrogen (secondary N) is 1. The molecule has 0 spiro atoms. The van der Waals surface area contributed by atoms with E-state index in [2.05, 4.69) is 26.7 Å². The van der Waals surface area contributed by atoms with Crippen LogP contribution in [0.15, 0.2) is 23.8 Å². The third-order valence-electron chi connectivity index (χ3n) is 2.37. The molecule has 0 atom stereocenters. The number of nitrogen functional groups attached to an aromatic ring is 1. The molecule has 2 heterocycles. The van der Waals surface area contributed by atoms with Crippen molar-refractivity contribution >= 4 is 22.8 Å². The first-order chi connectivity index (χ1) is 8.81. The summed E-state index contributed by atoms with van der Waals surface area (Å²) < 4.78 is 5.32. The molecule has 6 heteroatoms. The van der Waals surface area contributed by atoms with E-state index >= 15 is 0 Å². The van der Waals surface area contributed by atoms with Gasteiger partial charge in [-0.25, -0.2) is 4.98 Å². The zero-order valence-corrected chi connectivity index (χ0v) is 11.0. The van der Waals surface area contributed by atoms with Gasteiger partial charge in [-0.05, 0) is 24.8 Å². The average Bonchev–Trinajstić information content (AvgIpc) is 2.87. The maximum atomic E-state index is 5.92. The molecule has 2 rings (SSSR count). The second-order valence-electron chi connectivity index (χ2n) is 3.63. The van der Waals surface area contributed by atoms with E-state index in [4.69, 9.17) is 10.5 Å². The van der Waals surface area contributed by atoms with E-state index in [-0.39, 0.29) is 0 Å². The highest BCUT2D eigenvalue weighted by molar-refractivity contribution is 7.09. The lowest BCUT2D eigenvalue weighted by atomic mass is 10.3.